The molecular formula is C15H23NO2S. The lowest BCUT2D eigenvalue weighted by Gasteiger charge is -2.09. The molecule has 0 radical (unpaired) electrons. The van der Waals surface area contributed by atoms with Gasteiger partial charge in [-0.25, -0.2) is 8.42 Å². The monoisotopic (exact) mass is 281 g/mol. The van der Waals surface area contributed by atoms with Crippen LogP contribution < -0.4 is 0 Å². The second kappa shape index (κ2) is 4.91. The van der Waals surface area contributed by atoms with Crippen molar-refractivity contribution in [2.75, 3.05) is 0 Å². The average molecular weight is 281 g/mol. The summed E-state index contributed by atoms with van der Waals surface area (Å²) in [7, 11) is -3.34. The molecule has 0 amide bonds. The van der Waals surface area contributed by atoms with Crippen LogP contribution in [-0.2, 0) is 10.0 Å². The summed E-state index contributed by atoms with van der Waals surface area (Å²) in [5.74, 6) is 0.709. The lowest BCUT2D eigenvalue weighted by molar-refractivity contribution is 0.509. The van der Waals surface area contributed by atoms with Crippen LogP contribution in [0.2, 0.25) is 0 Å². The van der Waals surface area contributed by atoms with E-state index in [1.54, 1.807) is 16.4 Å². The Morgan fingerprint density at radius 2 is 1.37 bits per heavy atom. The third kappa shape index (κ3) is 2.56. The molecule has 19 heavy (non-hydrogen) atoms. The van der Waals surface area contributed by atoms with Gasteiger partial charge < -0.3 is 0 Å². The van der Waals surface area contributed by atoms with Crippen LogP contribution in [0.15, 0.2) is 29.2 Å². The standard InChI is InChI=1S/C15H23NO2S/c1-10(2)14-15(11(3)4)16(14)19(17,18)13-8-6-12(5)7-9-13/h6-11,14-15H,1-5H3/t14-,15-/m1/s1. The number of hydrogen-bond donors (Lipinski definition) is 0. The van der Waals surface area contributed by atoms with E-state index in [-0.39, 0.29) is 12.1 Å². The molecule has 0 N–H and O–H groups in total. The van der Waals surface area contributed by atoms with Gasteiger partial charge >= 0.3 is 0 Å². The Balaban J connectivity index is 2.33. The molecule has 1 aliphatic heterocycles. The summed E-state index contributed by atoms with van der Waals surface area (Å²) < 4.78 is 27.0. The Hall–Kier alpha value is -0.870. The largest absolute Gasteiger partial charge is 0.243 e. The number of benzene rings is 1. The van der Waals surface area contributed by atoms with Crippen molar-refractivity contribution in [3.63, 3.8) is 0 Å². The Labute approximate surface area is 116 Å². The van der Waals surface area contributed by atoms with E-state index in [4.69, 9.17) is 0 Å². The highest BCUT2D eigenvalue weighted by Gasteiger charge is 2.57. The van der Waals surface area contributed by atoms with E-state index in [1.807, 2.05) is 19.1 Å². The smallest absolute Gasteiger partial charge is 0.207 e. The summed E-state index contributed by atoms with van der Waals surface area (Å²) in [5.41, 5.74) is 1.07. The summed E-state index contributed by atoms with van der Waals surface area (Å²) in [5, 5.41) is 0. The highest BCUT2D eigenvalue weighted by Crippen LogP contribution is 2.43. The molecule has 0 unspecified atom stereocenters. The van der Waals surface area contributed by atoms with Crippen molar-refractivity contribution in [1.82, 2.24) is 4.31 Å². The first-order valence-corrected chi connectivity index (χ1v) is 8.31. The first-order valence-electron chi connectivity index (χ1n) is 6.87. The zero-order valence-corrected chi connectivity index (χ0v) is 13.1. The minimum Gasteiger partial charge on any atom is -0.207 e. The first kappa shape index (κ1) is 14.5. The van der Waals surface area contributed by atoms with Gasteiger partial charge in [-0.3, -0.25) is 0 Å². The summed E-state index contributed by atoms with van der Waals surface area (Å²) in [4.78, 5) is 0.409. The molecule has 1 aromatic rings. The number of rotatable bonds is 4. The fourth-order valence-corrected chi connectivity index (χ4v) is 4.82. The molecule has 4 heteroatoms. The highest BCUT2D eigenvalue weighted by atomic mass is 32.2. The maximum Gasteiger partial charge on any atom is 0.243 e. The first-order chi connectivity index (χ1) is 8.76. The highest BCUT2D eigenvalue weighted by molar-refractivity contribution is 7.89. The molecule has 1 aliphatic rings. The van der Waals surface area contributed by atoms with Gasteiger partial charge in [0.15, 0.2) is 0 Å². The van der Waals surface area contributed by atoms with E-state index >= 15 is 0 Å². The van der Waals surface area contributed by atoms with E-state index in [9.17, 15) is 8.42 Å². The molecule has 1 aromatic carbocycles. The molecule has 3 nitrogen and oxygen atoms in total. The molecule has 0 saturated carbocycles. The molecule has 2 atom stereocenters. The van der Waals surface area contributed by atoms with Crippen LogP contribution in [0.25, 0.3) is 0 Å². The van der Waals surface area contributed by atoms with Crippen LogP contribution in [0.4, 0.5) is 0 Å². The summed E-state index contributed by atoms with van der Waals surface area (Å²) in [6.07, 6.45) is 0. The molecular weight excluding hydrogens is 258 g/mol. The van der Waals surface area contributed by atoms with Gasteiger partial charge in [-0.2, -0.15) is 4.31 Å². The van der Waals surface area contributed by atoms with Gasteiger partial charge in [0.2, 0.25) is 10.0 Å². The molecule has 1 fully saturated rings. The Kier molecular flexibility index (Phi) is 3.76. The third-order valence-electron chi connectivity index (χ3n) is 3.81. The predicted molar refractivity (Wildman–Crippen MR) is 77.5 cm³/mol. The predicted octanol–water partition coefficient (Wildman–Crippen LogP) is 3.05. The zero-order valence-electron chi connectivity index (χ0n) is 12.3. The van der Waals surface area contributed by atoms with Gasteiger partial charge in [-0.1, -0.05) is 45.4 Å². The SMILES string of the molecule is Cc1ccc(S(=O)(=O)N2[C@H](C(C)C)[C@H]2C(C)C)cc1. The number of hydrogen-bond acceptors (Lipinski definition) is 2. The van der Waals surface area contributed by atoms with Crippen LogP contribution in [0.3, 0.4) is 0 Å². The molecule has 0 spiro atoms. The maximum absolute atomic E-state index is 12.7. The van der Waals surface area contributed by atoms with Crippen molar-refractivity contribution in [3.8, 4) is 0 Å². The second-order valence-electron chi connectivity index (χ2n) is 6.12. The molecule has 2 rings (SSSR count). The van der Waals surface area contributed by atoms with E-state index < -0.39 is 10.0 Å². The fourth-order valence-electron chi connectivity index (χ4n) is 2.78. The van der Waals surface area contributed by atoms with Gasteiger partial charge in [0.05, 0.1) is 4.90 Å². The maximum atomic E-state index is 12.7. The minimum atomic E-state index is -3.34. The van der Waals surface area contributed by atoms with E-state index in [0.29, 0.717) is 16.7 Å². The normalized spacial score (nSPS) is 27.0. The third-order valence-corrected chi connectivity index (χ3v) is 5.72. The summed E-state index contributed by atoms with van der Waals surface area (Å²) >= 11 is 0. The van der Waals surface area contributed by atoms with E-state index in [1.165, 1.54) is 0 Å². The quantitative estimate of drug-likeness (QED) is 0.795. The molecule has 0 aromatic heterocycles. The molecule has 1 heterocycles. The van der Waals surface area contributed by atoms with Crippen LogP contribution in [0, 0.1) is 18.8 Å². The fraction of sp³-hybridized carbons (Fsp3) is 0.600. The molecule has 106 valence electrons. The van der Waals surface area contributed by atoms with Gasteiger partial charge in [0, 0.05) is 12.1 Å². The lowest BCUT2D eigenvalue weighted by atomic mass is 10.0. The van der Waals surface area contributed by atoms with Gasteiger partial charge in [0.1, 0.15) is 0 Å². The van der Waals surface area contributed by atoms with Gasteiger partial charge in [0.25, 0.3) is 0 Å². The Morgan fingerprint density at radius 3 is 1.74 bits per heavy atom. The van der Waals surface area contributed by atoms with Crippen molar-refractivity contribution in [1.29, 1.82) is 0 Å². The van der Waals surface area contributed by atoms with Crippen molar-refractivity contribution < 1.29 is 8.42 Å². The Bertz CT molecular complexity index is 532. The van der Waals surface area contributed by atoms with Gasteiger partial charge in [-0.05, 0) is 30.9 Å². The van der Waals surface area contributed by atoms with Crippen LogP contribution in [0.5, 0.6) is 0 Å². The Morgan fingerprint density at radius 1 is 0.947 bits per heavy atom. The van der Waals surface area contributed by atoms with Crippen LogP contribution >= 0.6 is 0 Å². The zero-order chi connectivity index (χ0) is 14.4. The van der Waals surface area contributed by atoms with Crippen molar-refractivity contribution >= 4 is 10.0 Å². The van der Waals surface area contributed by atoms with Crippen molar-refractivity contribution in [2.45, 2.75) is 51.6 Å². The lowest BCUT2D eigenvalue weighted by Crippen LogP contribution is -2.18. The van der Waals surface area contributed by atoms with Crippen molar-refractivity contribution in [2.24, 2.45) is 11.8 Å². The topological polar surface area (TPSA) is 37.1 Å². The van der Waals surface area contributed by atoms with Crippen LogP contribution in [0.1, 0.15) is 33.3 Å². The van der Waals surface area contributed by atoms with Crippen molar-refractivity contribution in [3.05, 3.63) is 29.8 Å². The molecule has 0 aliphatic carbocycles. The molecule has 1 saturated heterocycles. The number of aryl methyl sites for hydroxylation is 1. The second-order valence-corrected chi connectivity index (χ2v) is 7.96. The number of nitrogens with zero attached hydrogens (tertiary/aromatic N) is 1. The van der Waals surface area contributed by atoms with E-state index in [2.05, 4.69) is 27.7 Å². The van der Waals surface area contributed by atoms with Gasteiger partial charge in [-0.15, -0.1) is 0 Å². The summed E-state index contributed by atoms with van der Waals surface area (Å²) in [6.45, 7) is 10.3. The average Bonchev–Trinajstić information content (AvgIpc) is 3.05. The summed E-state index contributed by atoms with van der Waals surface area (Å²) in [6, 6.07) is 7.41. The molecule has 0 bridgehead atoms. The number of sulfonamides is 1. The van der Waals surface area contributed by atoms with E-state index in [0.717, 1.165) is 5.56 Å². The minimum absolute atomic E-state index is 0.145. The van der Waals surface area contributed by atoms with Crippen LogP contribution in [-0.4, -0.2) is 24.8 Å².